The minimum absolute atomic E-state index is 0.0542. The molecule has 0 spiro atoms. The maximum Gasteiger partial charge on any atom is 0.240 e. The summed E-state index contributed by atoms with van der Waals surface area (Å²) in [4.78, 5) is 18.8. The van der Waals surface area contributed by atoms with Gasteiger partial charge in [0, 0.05) is 19.1 Å². The summed E-state index contributed by atoms with van der Waals surface area (Å²) in [7, 11) is 3.55. The third-order valence-corrected chi connectivity index (χ3v) is 5.92. The van der Waals surface area contributed by atoms with Crippen LogP contribution in [0.1, 0.15) is 10.8 Å². The van der Waals surface area contributed by atoms with E-state index in [1.807, 2.05) is 48.5 Å². The number of likely N-dealkylation sites (N-methyl/N-ethyl adjacent to an activating group) is 1. The number of fused-ring (bicyclic) bond motifs is 1. The average molecular weight is 363 g/mol. The van der Waals surface area contributed by atoms with Crippen LogP contribution in [0.4, 0.5) is 0 Å². The van der Waals surface area contributed by atoms with Gasteiger partial charge in [0.1, 0.15) is 5.25 Å². The Balaban J connectivity index is 1.95. The third-order valence-electron chi connectivity index (χ3n) is 3.32. The first-order chi connectivity index (χ1) is 11.0. The zero-order valence-corrected chi connectivity index (χ0v) is 15.1. The zero-order valence-electron chi connectivity index (χ0n) is 12.7. The van der Waals surface area contributed by atoms with Crippen LogP contribution < -0.4 is 0 Å². The fourth-order valence-electron chi connectivity index (χ4n) is 2.15. The van der Waals surface area contributed by atoms with Gasteiger partial charge in [0.2, 0.25) is 5.91 Å². The molecule has 6 heteroatoms. The quantitative estimate of drug-likeness (QED) is 0.621. The monoisotopic (exact) mass is 362 g/mol. The van der Waals surface area contributed by atoms with Crippen molar-refractivity contribution in [3.8, 4) is 0 Å². The number of hydrogen-bond donors (Lipinski definition) is 0. The van der Waals surface area contributed by atoms with Gasteiger partial charge in [-0.25, -0.2) is 4.98 Å². The van der Waals surface area contributed by atoms with Gasteiger partial charge in [0.05, 0.1) is 10.2 Å². The maximum atomic E-state index is 12.6. The lowest BCUT2D eigenvalue weighted by Crippen LogP contribution is -2.26. The van der Waals surface area contributed by atoms with Crippen LogP contribution in [0, 0.1) is 0 Å². The maximum absolute atomic E-state index is 12.6. The van der Waals surface area contributed by atoms with Gasteiger partial charge in [0.15, 0.2) is 4.34 Å². The van der Waals surface area contributed by atoms with E-state index in [1.54, 1.807) is 30.3 Å². The predicted octanol–water partition coefficient (Wildman–Crippen LogP) is 4.87. The summed E-state index contributed by atoms with van der Waals surface area (Å²) in [6.45, 7) is 0. The molecule has 0 aliphatic rings. The molecule has 118 valence electrons. The molecule has 1 atom stereocenters. The molecule has 0 unspecified atom stereocenters. The highest BCUT2D eigenvalue weighted by molar-refractivity contribution is 8.02. The van der Waals surface area contributed by atoms with Crippen LogP contribution in [-0.2, 0) is 4.79 Å². The van der Waals surface area contributed by atoms with Gasteiger partial charge < -0.3 is 4.90 Å². The number of benzene rings is 2. The summed E-state index contributed by atoms with van der Waals surface area (Å²) in [5.41, 5.74) is 1.85. The number of rotatable bonds is 4. The number of nitrogens with zero attached hydrogens (tertiary/aromatic N) is 2. The summed E-state index contributed by atoms with van der Waals surface area (Å²) < 4.78 is 1.94. The highest BCUT2D eigenvalue weighted by Gasteiger charge is 2.25. The number of aromatic nitrogens is 1. The number of amides is 1. The first kappa shape index (κ1) is 16.3. The molecule has 0 fully saturated rings. The Hall–Kier alpha value is -1.56. The normalized spacial score (nSPS) is 12.3. The number of hydrogen-bond acceptors (Lipinski definition) is 4. The molecular formula is C17H15ClN2OS2. The van der Waals surface area contributed by atoms with E-state index in [9.17, 15) is 4.79 Å². The van der Waals surface area contributed by atoms with Crippen molar-refractivity contribution in [3.05, 3.63) is 59.1 Å². The highest BCUT2D eigenvalue weighted by atomic mass is 35.5. The number of thioether (sulfide) groups is 1. The standard InChI is InChI=1S/C17H15ClN2OS2/c1-20(2)16(21)15(11-6-4-3-5-7-11)23-17-19-13-10-12(18)8-9-14(13)22-17/h3-10,15H,1-2H3/t15-/m1/s1. The fraction of sp³-hybridized carbons (Fsp3) is 0.176. The minimum Gasteiger partial charge on any atom is -0.348 e. The van der Waals surface area contributed by atoms with Crippen LogP contribution in [-0.4, -0.2) is 29.9 Å². The second-order valence-electron chi connectivity index (χ2n) is 5.23. The third kappa shape index (κ3) is 3.68. The van der Waals surface area contributed by atoms with E-state index in [1.165, 1.54) is 11.8 Å². The molecule has 1 aromatic heterocycles. The van der Waals surface area contributed by atoms with Gasteiger partial charge >= 0.3 is 0 Å². The first-order valence-electron chi connectivity index (χ1n) is 7.03. The lowest BCUT2D eigenvalue weighted by Gasteiger charge is -2.19. The van der Waals surface area contributed by atoms with Crippen molar-refractivity contribution >= 4 is 50.8 Å². The summed E-state index contributed by atoms with van der Waals surface area (Å²) in [6, 6.07) is 15.5. The highest BCUT2D eigenvalue weighted by Crippen LogP contribution is 2.40. The molecule has 0 saturated carbocycles. The Morgan fingerprint density at radius 2 is 1.96 bits per heavy atom. The van der Waals surface area contributed by atoms with Crippen LogP contribution in [0.5, 0.6) is 0 Å². The summed E-state index contributed by atoms with van der Waals surface area (Å²) in [6.07, 6.45) is 0. The Bertz CT molecular complexity index is 833. The van der Waals surface area contributed by atoms with Crippen molar-refractivity contribution in [3.63, 3.8) is 0 Å². The van der Waals surface area contributed by atoms with Gasteiger partial charge in [-0.3, -0.25) is 4.79 Å². The number of carbonyl (C=O) groups excluding carboxylic acids is 1. The van der Waals surface area contributed by atoms with Crippen molar-refractivity contribution in [2.24, 2.45) is 0 Å². The molecular weight excluding hydrogens is 348 g/mol. The Morgan fingerprint density at radius 1 is 1.22 bits per heavy atom. The van der Waals surface area contributed by atoms with Crippen molar-refractivity contribution in [1.29, 1.82) is 0 Å². The molecule has 1 heterocycles. The number of halogens is 1. The van der Waals surface area contributed by atoms with E-state index in [-0.39, 0.29) is 11.2 Å². The van der Waals surface area contributed by atoms with Gasteiger partial charge in [-0.1, -0.05) is 53.7 Å². The van der Waals surface area contributed by atoms with E-state index in [0.29, 0.717) is 5.02 Å². The first-order valence-corrected chi connectivity index (χ1v) is 9.11. The fourth-order valence-corrected chi connectivity index (χ4v) is 4.71. The van der Waals surface area contributed by atoms with E-state index in [0.717, 1.165) is 20.1 Å². The second-order valence-corrected chi connectivity index (χ2v) is 8.05. The van der Waals surface area contributed by atoms with Crippen LogP contribution in [0.2, 0.25) is 5.02 Å². The van der Waals surface area contributed by atoms with E-state index in [4.69, 9.17) is 11.6 Å². The topological polar surface area (TPSA) is 33.2 Å². The van der Waals surface area contributed by atoms with Gasteiger partial charge in [-0.05, 0) is 23.8 Å². The molecule has 0 bridgehead atoms. The smallest absolute Gasteiger partial charge is 0.240 e. The molecule has 2 aromatic carbocycles. The summed E-state index contributed by atoms with van der Waals surface area (Å²) in [5, 5.41) is 0.366. The zero-order chi connectivity index (χ0) is 16.4. The SMILES string of the molecule is CN(C)C(=O)[C@H](Sc1nc2cc(Cl)ccc2s1)c1ccccc1. The van der Waals surface area contributed by atoms with E-state index in [2.05, 4.69) is 4.98 Å². The van der Waals surface area contributed by atoms with Gasteiger partial charge in [-0.15, -0.1) is 11.3 Å². The van der Waals surface area contributed by atoms with Crippen LogP contribution in [0.3, 0.4) is 0 Å². The lowest BCUT2D eigenvalue weighted by atomic mass is 10.1. The van der Waals surface area contributed by atoms with Gasteiger partial charge in [0.25, 0.3) is 0 Å². The van der Waals surface area contributed by atoms with Crippen molar-refractivity contribution < 1.29 is 4.79 Å². The molecule has 3 aromatic rings. The Morgan fingerprint density at radius 3 is 2.65 bits per heavy atom. The molecule has 1 amide bonds. The van der Waals surface area contributed by atoms with Crippen LogP contribution >= 0.6 is 34.7 Å². The summed E-state index contributed by atoms with van der Waals surface area (Å²) >= 11 is 9.08. The average Bonchev–Trinajstić information content (AvgIpc) is 2.94. The lowest BCUT2D eigenvalue weighted by molar-refractivity contribution is -0.128. The number of thiazole rings is 1. The van der Waals surface area contributed by atoms with Crippen molar-refractivity contribution in [2.75, 3.05) is 14.1 Å². The molecule has 0 N–H and O–H groups in total. The minimum atomic E-state index is -0.303. The van der Waals surface area contributed by atoms with Crippen molar-refractivity contribution in [1.82, 2.24) is 9.88 Å². The van der Waals surface area contributed by atoms with Crippen LogP contribution in [0.25, 0.3) is 10.2 Å². The van der Waals surface area contributed by atoms with Crippen molar-refractivity contribution in [2.45, 2.75) is 9.59 Å². The molecule has 0 radical (unpaired) electrons. The van der Waals surface area contributed by atoms with E-state index < -0.39 is 0 Å². The molecule has 3 rings (SSSR count). The van der Waals surface area contributed by atoms with Gasteiger partial charge in [-0.2, -0.15) is 0 Å². The molecule has 0 aliphatic heterocycles. The predicted molar refractivity (Wildman–Crippen MR) is 98.4 cm³/mol. The Kier molecular flexibility index (Phi) is 4.90. The molecule has 0 aliphatic carbocycles. The van der Waals surface area contributed by atoms with E-state index >= 15 is 0 Å². The largest absolute Gasteiger partial charge is 0.348 e. The second kappa shape index (κ2) is 6.91. The Labute approximate surface area is 148 Å². The number of carbonyl (C=O) groups is 1. The molecule has 3 nitrogen and oxygen atoms in total. The van der Waals surface area contributed by atoms with Crippen LogP contribution in [0.15, 0.2) is 52.9 Å². The molecule has 0 saturated heterocycles. The molecule has 23 heavy (non-hydrogen) atoms. The summed E-state index contributed by atoms with van der Waals surface area (Å²) in [5.74, 6) is 0.0542.